The van der Waals surface area contributed by atoms with Gasteiger partial charge in [0.2, 0.25) is 0 Å². The summed E-state index contributed by atoms with van der Waals surface area (Å²) in [5.41, 5.74) is 2.83. The van der Waals surface area contributed by atoms with Gasteiger partial charge in [-0.3, -0.25) is 4.90 Å². The van der Waals surface area contributed by atoms with E-state index in [-0.39, 0.29) is 37.0 Å². The van der Waals surface area contributed by atoms with Crippen molar-refractivity contribution in [2.75, 3.05) is 0 Å². The Kier molecular flexibility index (Phi) is 4.95. The molecule has 7 heteroatoms. The molecule has 0 aliphatic carbocycles. The van der Waals surface area contributed by atoms with Crippen LogP contribution in [-0.2, 0) is 27.2 Å². The average Bonchev–Trinajstić information content (AvgIpc) is 3.38. The van der Waals surface area contributed by atoms with Gasteiger partial charge in [0, 0.05) is 6.42 Å². The zero-order valence-electron chi connectivity index (χ0n) is 17.9. The number of carbonyl (C=O) groups is 1. The van der Waals surface area contributed by atoms with Gasteiger partial charge in [-0.1, -0.05) is 42.5 Å². The van der Waals surface area contributed by atoms with E-state index < -0.39 is 5.79 Å². The first-order valence-electron chi connectivity index (χ1n) is 10.7. The molecule has 2 aliphatic rings. The molecule has 1 amide bonds. The number of carbonyl (C=O) groups excluding carboxylic acids is 1. The second kappa shape index (κ2) is 7.66. The van der Waals surface area contributed by atoms with Gasteiger partial charge in [-0.2, -0.15) is 0 Å². The Balaban J connectivity index is 1.40. The van der Waals surface area contributed by atoms with Gasteiger partial charge in [-0.15, -0.1) is 0 Å². The van der Waals surface area contributed by atoms with Gasteiger partial charge < -0.3 is 19.2 Å². The predicted octanol–water partition coefficient (Wildman–Crippen LogP) is 4.04. The van der Waals surface area contributed by atoms with Crippen LogP contribution in [0.15, 0.2) is 54.6 Å². The van der Waals surface area contributed by atoms with Crippen molar-refractivity contribution in [1.29, 1.82) is 0 Å². The molecule has 1 N–H and O–H groups in total. The zero-order chi connectivity index (χ0) is 21.6. The SMILES string of the molecule is C[C@@H]1[C@H]2OC(C)(C)O[C@H]2[C@@H](Cc2nc3ccccc3[nH]2)N1C(=O)OCc1ccccc1. The van der Waals surface area contributed by atoms with Gasteiger partial charge in [0.05, 0.1) is 23.1 Å². The van der Waals surface area contributed by atoms with Crippen LogP contribution in [0.1, 0.15) is 32.2 Å². The number of ether oxygens (including phenoxy) is 3. The number of imidazole rings is 1. The summed E-state index contributed by atoms with van der Waals surface area (Å²) in [5.74, 6) is 0.128. The lowest BCUT2D eigenvalue weighted by atomic mass is 10.1. The van der Waals surface area contributed by atoms with Crippen LogP contribution in [0.5, 0.6) is 0 Å². The second-order valence-corrected chi connectivity index (χ2v) is 8.72. The Morgan fingerprint density at radius 1 is 1.10 bits per heavy atom. The Bertz CT molecular complexity index is 1050. The highest BCUT2D eigenvalue weighted by Gasteiger charge is 2.58. The van der Waals surface area contributed by atoms with Gasteiger partial charge >= 0.3 is 6.09 Å². The van der Waals surface area contributed by atoms with Crippen LogP contribution in [0.3, 0.4) is 0 Å². The third kappa shape index (κ3) is 3.79. The molecule has 3 heterocycles. The van der Waals surface area contributed by atoms with E-state index in [0.29, 0.717) is 6.42 Å². The minimum atomic E-state index is -0.685. The molecule has 0 saturated carbocycles. The fourth-order valence-electron chi connectivity index (χ4n) is 4.72. The summed E-state index contributed by atoms with van der Waals surface area (Å²) in [7, 11) is 0. The van der Waals surface area contributed by atoms with E-state index in [2.05, 4.69) is 4.98 Å². The van der Waals surface area contributed by atoms with Crippen LogP contribution < -0.4 is 0 Å². The van der Waals surface area contributed by atoms with Gasteiger partial charge in [0.1, 0.15) is 24.6 Å². The third-order valence-electron chi connectivity index (χ3n) is 6.07. The fourth-order valence-corrected chi connectivity index (χ4v) is 4.72. The van der Waals surface area contributed by atoms with Gasteiger partial charge in [-0.05, 0) is 38.5 Å². The van der Waals surface area contributed by atoms with Crippen LogP contribution in [0.2, 0.25) is 0 Å². The van der Waals surface area contributed by atoms with Crippen LogP contribution in [-0.4, -0.2) is 51.0 Å². The molecule has 0 bridgehead atoms. The number of nitrogens with one attached hydrogen (secondary N) is 1. The van der Waals surface area contributed by atoms with Crippen molar-refractivity contribution in [3.05, 3.63) is 66.0 Å². The lowest BCUT2D eigenvalue weighted by Gasteiger charge is -2.31. The van der Waals surface area contributed by atoms with Crippen LogP contribution in [0.25, 0.3) is 11.0 Å². The summed E-state index contributed by atoms with van der Waals surface area (Å²) in [6.45, 7) is 6.04. The number of benzene rings is 2. The first-order chi connectivity index (χ1) is 14.9. The van der Waals surface area contributed by atoms with Crippen molar-refractivity contribution in [3.63, 3.8) is 0 Å². The summed E-state index contributed by atoms with van der Waals surface area (Å²) in [4.78, 5) is 23.0. The minimum absolute atomic E-state index is 0.176. The molecule has 31 heavy (non-hydrogen) atoms. The number of nitrogens with zero attached hydrogens (tertiary/aromatic N) is 2. The molecule has 5 rings (SSSR count). The quantitative estimate of drug-likeness (QED) is 0.688. The van der Waals surface area contributed by atoms with Crippen molar-refractivity contribution in [1.82, 2.24) is 14.9 Å². The summed E-state index contributed by atoms with van der Waals surface area (Å²) in [6.07, 6.45) is -0.298. The molecule has 4 atom stereocenters. The Labute approximate surface area is 181 Å². The van der Waals surface area contributed by atoms with E-state index in [1.807, 2.05) is 75.4 Å². The number of aromatic nitrogens is 2. The molecular weight excluding hydrogens is 394 g/mol. The van der Waals surface area contributed by atoms with Gasteiger partial charge in [0.25, 0.3) is 0 Å². The number of fused-ring (bicyclic) bond motifs is 2. The summed E-state index contributed by atoms with van der Waals surface area (Å²) >= 11 is 0. The lowest BCUT2D eigenvalue weighted by molar-refractivity contribution is -0.165. The smallest absolute Gasteiger partial charge is 0.410 e. The van der Waals surface area contributed by atoms with E-state index in [1.54, 1.807) is 4.90 Å². The second-order valence-electron chi connectivity index (χ2n) is 8.72. The van der Waals surface area contributed by atoms with Gasteiger partial charge in [-0.25, -0.2) is 9.78 Å². The molecule has 2 aromatic carbocycles. The molecule has 7 nitrogen and oxygen atoms in total. The number of amides is 1. The Morgan fingerprint density at radius 2 is 1.81 bits per heavy atom. The maximum atomic E-state index is 13.2. The van der Waals surface area contributed by atoms with Crippen LogP contribution >= 0.6 is 0 Å². The molecule has 162 valence electrons. The zero-order valence-corrected chi connectivity index (χ0v) is 17.9. The van der Waals surface area contributed by atoms with Crippen molar-refractivity contribution < 1.29 is 19.0 Å². The molecule has 3 aromatic rings. The number of para-hydroxylation sites is 2. The van der Waals surface area contributed by atoms with E-state index in [9.17, 15) is 4.79 Å². The molecule has 2 fully saturated rings. The van der Waals surface area contributed by atoms with Gasteiger partial charge in [0.15, 0.2) is 5.79 Å². The first kappa shape index (κ1) is 20.0. The normalized spacial score (nSPS) is 26.9. The predicted molar refractivity (Wildman–Crippen MR) is 115 cm³/mol. The number of H-pyrrole nitrogens is 1. The van der Waals surface area contributed by atoms with Crippen LogP contribution in [0, 0.1) is 0 Å². The molecule has 0 unspecified atom stereocenters. The summed E-state index contributed by atoms with van der Waals surface area (Å²) < 4.78 is 18.1. The highest BCUT2D eigenvalue weighted by Crippen LogP contribution is 2.41. The molecule has 0 radical (unpaired) electrons. The number of hydrogen-bond acceptors (Lipinski definition) is 5. The monoisotopic (exact) mass is 421 g/mol. The fraction of sp³-hybridized carbons (Fsp3) is 0.417. The topological polar surface area (TPSA) is 76.7 Å². The van der Waals surface area contributed by atoms with E-state index in [0.717, 1.165) is 22.4 Å². The molecule has 2 aliphatic heterocycles. The average molecular weight is 421 g/mol. The largest absolute Gasteiger partial charge is 0.445 e. The Morgan fingerprint density at radius 3 is 2.58 bits per heavy atom. The minimum Gasteiger partial charge on any atom is -0.445 e. The van der Waals surface area contributed by atoms with Crippen LogP contribution in [0.4, 0.5) is 4.79 Å². The molecular formula is C24H27N3O4. The highest BCUT2D eigenvalue weighted by atomic mass is 16.8. The van der Waals surface area contributed by atoms with E-state index in [4.69, 9.17) is 19.2 Å². The summed E-state index contributed by atoms with van der Waals surface area (Å²) in [5, 5.41) is 0. The molecule has 2 saturated heterocycles. The van der Waals surface area contributed by atoms with Crippen molar-refractivity contribution in [3.8, 4) is 0 Å². The maximum Gasteiger partial charge on any atom is 0.410 e. The highest BCUT2D eigenvalue weighted by molar-refractivity contribution is 5.75. The number of hydrogen-bond donors (Lipinski definition) is 1. The Hall–Kier alpha value is -2.90. The number of aromatic amines is 1. The van der Waals surface area contributed by atoms with Crippen molar-refractivity contribution in [2.24, 2.45) is 0 Å². The summed E-state index contributed by atoms with van der Waals surface area (Å²) in [6, 6.07) is 17.2. The lowest BCUT2D eigenvalue weighted by Crippen LogP contribution is -2.46. The standard InChI is InChI=1S/C24H27N3O4/c1-15-21-22(31-24(2,3)30-21)19(13-20-25-17-11-7-8-12-18(17)26-20)27(15)23(28)29-14-16-9-5-4-6-10-16/h4-12,15,19,21-22H,13-14H2,1-3H3,(H,25,26)/t15-,19-,21-,22+/m1/s1. The third-order valence-corrected chi connectivity index (χ3v) is 6.07. The molecule has 1 aromatic heterocycles. The van der Waals surface area contributed by atoms with E-state index >= 15 is 0 Å². The van der Waals surface area contributed by atoms with E-state index in [1.165, 1.54) is 0 Å². The first-order valence-corrected chi connectivity index (χ1v) is 10.7. The maximum absolute atomic E-state index is 13.2. The number of rotatable bonds is 4. The van der Waals surface area contributed by atoms with Crippen molar-refractivity contribution in [2.45, 2.75) is 63.9 Å². The molecule has 0 spiro atoms. The number of likely N-dealkylation sites (tertiary alicyclic amines) is 1. The van der Waals surface area contributed by atoms with Crippen molar-refractivity contribution >= 4 is 17.1 Å².